The molecule has 0 amide bonds. The molecule has 0 aliphatic carbocycles. The van der Waals surface area contributed by atoms with Crippen LogP contribution in [0.2, 0.25) is 0 Å². The summed E-state index contributed by atoms with van der Waals surface area (Å²) in [5.74, 6) is -0.663. The molecule has 6 nitrogen and oxygen atoms in total. The van der Waals surface area contributed by atoms with E-state index in [1.165, 1.54) is 30.6 Å². The van der Waals surface area contributed by atoms with Gasteiger partial charge >= 0.3 is 5.97 Å². The van der Waals surface area contributed by atoms with Gasteiger partial charge in [-0.15, -0.1) is 11.3 Å². The number of hydrogen-bond donors (Lipinski definition) is 0. The van der Waals surface area contributed by atoms with Crippen molar-refractivity contribution in [2.24, 2.45) is 7.05 Å². The summed E-state index contributed by atoms with van der Waals surface area (Å²) in [7, 11) is 3.33. The molecule has 1 unspecified atom stereocenters. The number of esters is 1. The molecular weight excluding hydrogens is 453 g/mol. The minimum atomic E-state index is -0.400. The summed E-state index contributed by atoms with van der Waals surface area (Å²) in [6.07, 6.45) is 6.95. The van der Waals surface area contributed by atoms with E-state index in [9.17, 15) is 9.18 Å². The lowest BCUT2D eigenvalue weighted by molar-refractivity contribution is 0.0598. The van der Waals surface area contributed by atoms with Crippen LogP contribution < -0.4 is 0 Å². The van der Waals surface area contributed by atoms with Crippen LogP contribution in [0.4, 0.5) is 4.39 Å². The maximum Gasteiger partial charge on any atom is 0.338 e. The molecule has 0 bridgehead atoms. The predicted octanol–water partition coefficient (Wildman–Crippen LogP) is 4.94. The number of hydrogen-bond acceptors (Lipinski definition) is 6. The van der Waals surface area contributed by atoms with Crippen molar-refractivity contribution < 1.29 is 18.7 Å². The van der Waals surface area contributed by atoms with Crippen molar-refractivity contribution in [2.45, 2.75) is 25.4 Å². The quantitative estimate of drug-likeness (QED) is 0.302. The molecule has 0 fully saturated rings. The zero-order chi connectivity index (χ0) is 23.9. The van der Waals surface area contributed by atoms with Crippen LogP contribution in [0.25, 0.3) is 0 Å². The average molecular weight is 480 g/mol. The van der Waals surface area contributed by atoms with Gasteiger partial charge in [-0.3, -0.25) is 0 Å². The summed E-state index contributed by atoms with van der Waals surface area (Å²) in [5, 5.41) is 2.73. The Morgan fingerprint density at radius 3 is 2.65 bits per heavy atom. The van der Waals surface area contributed by atoms with Crippen molar-refractivity contribution in [2.75, 3.05) is 13.7 Å². The van der Waals surface area contributed by atoms with Crippen LogP contribution in [0.5, 0.6) is 0 Å². The van der Waals surface area contributed by atoms with Crippen LogP contribution in [0.3, 0.4) is 0 Å². The summed E-state index contributed by atoms with van der Waals surface area (Å²) >= 11 is 1.51. The van der Waals surface area contributed by atoms with Crippen LogP contribution in [0.15, 0.2) is 66.6 Å². The zero-order valence-corrected chi connectivity index (χ0v) is 19.9. The zero-order valence-electron chi connectivity index (χ0n) is 19.1. The first-order chi connectivity index (χ1) is 16.5. The van der Waals surface area contributed by atoms with Crippen LogP contribution in [-0.4, -0.2) is 34.2 Å². The smallest absolute Gasteiger partial charge is 0.338 e. The first-order valence-corrected chi connectivity index (χ1v) is 11.8. The number of aryl methyl sites for hydroxylation is 3. The van der Waals surface area contributed by atoms with Crippen molar-refractivity contribution in [3.63, 3.8) is 0 Å². The van der Waals surface area contributed by atoms with Gasteiger partial charge in [-0.05, 0) is 47.7 Å². The van der Waals surface area contributed by atoms with E-state index in [0.29, 0.717) is 31.4 Å². The summed E-state index contributed by atoms with van der Waals surface area (Å²) in [6.45, 7) is 0.476. The third-order valence-electron chi connectivity index (χ3n) is 5.67. The van der Waals surface area contributed by atoms with Gasteiger partial charge in [-0.25, -0.2) is 19.2 Å². The third-order valence-corrected chi connectivity index (χ3v) is 6.49. The normalized spacial score (nSPS) is 12.0. The van der Waals surface area contributed by atoms with Gasteiger partial charge in [0.15, 0.2) is 0 Å². The highest BCUT2D eigenvalue weighted by molar-refractivity contribution is 7.09. The second-order valence-corrected chi connectivity index (χ2v) is 8.83. The summed E-state index contributed by atoms with van der Waals surface area (Å²) in [4.78, 5) is 21.2. The molecule has 0 spiro atoms. The lowest BCUT2D eigenvalue weighted by atomic mass is 9.96. The third kappa shape index (κ3) is 5.76. The van der Waals surface area contributed by atoms with Gasteiger partial charge in [-0.2, -0.15) is 0 Å². The molecule has 4 aromatic rings. The van der Waals surface area contributed by atoms with Crippen LogP contribution in [0, 0.1) is 5.82 Å². The number of carbonyl (C=O) groups is 1. The second kappa shape index (κ2) is 11.2. The van der Waals surface area contributed by atoms with E-state index in [-0.39, 0.29) is 5.82 Å². The molecule has 4 rings (SSSR count). The fourth-order valence-electron chi connectivity index (χ4n) is 3.79. The molecule has 0 saturated heterocycles. The van der Waals surface area contributed by atoms with E-state index in [1.807, 2.05) is 41.4 Å². The molecule has 8 heteroatoms. The standard InChI is InChI=1S/C26H26FN3O3S/c1-30-17-28-16-22(30)11-13-33-24(25-29-12-14-34-25)20-8-7-19(23(15-20)26(31)32-2)6-3-18-4-9-21(27)10-5-18/h4-5,7-10,12,14-17,24H,3,6,11,13H2,1-2H3. The Morgan fingerprint density at radius 2 is 1.97 bits per heavy atom. The number of rotatable bonds is 10. The Labute approximate surface area is 202 Å². The van der Waals surface area contributed by atoms with Gasteiger partial charge in [-0.1, -0.05) is 24.3 Å². The number of aromatic nitrogens is 3. The number of imidazole rings is 1. The molecule has 176 valence electrons. The maximum absolute atomic E-state index is 13.2. The lowest BCUT2D eigenvalue weighted by Crippen LogP contribution is -2.13. The largest absolute Gasteiger partial charge is 0.465 e. The minimum absolute atomic E-state index is 0.264. The average Bonchev–Trinajstić information content (AvgIpc) is 3.53. The van der Waals surface area contributed by atoms with Gasteiger partial charge in [0.25, 0.3) is 0 Å². The van der Waals surface area contributed by atoms with Gasteiger partial charge in [0.1, 0.15) is 16.9 Å². The molecule has 0 N–H and O–H groups in total. The first-order valence-electron chi connectivity index (χ1n) is 11.0. The Balaban J connectivity index is 1.56. The first kappa shape index (κ1) is 23.8. The number of halogens is 1. The number of methoxy groups -OCH3 is 1. The molecule has 1 atom stereocenters. The number of ether oxygens (including phenoxy) is 2. The van der Waals surface area contributed by atoms with Crippen LogP contribution >= 0.6 is 11.3 Å². The Morgan fingerprint density at radius 1 is 1.15 bits per heavy atom. The number of thiazole rings is 1. The molecule has 2 aromatic carbocycles. The van der Waals surface area contributed by atoms with Crippen molar-refractivity contribution in [3.05, 3.63) is 105 Å². The molecule has 0 aliphatic rings. The van der Waals surface area contributed by atoms with E-state index >= 15 is 0 Å². The van der Waals surface area contributed by atoms with Gasteiger partial charge < -0.3 is 14.0 Å². The van der Waals surface area contributed by atoms with E-state index < -0.39 is 12.1 Å². The van der Waals surface area contributed by atoms with Gasteiger partial charge in [0.2, 0.25) is 0 Å². The number of carbonyl (C=O) groups excluding carboxylic acids is 1. The van der Waals surface area contributed by atoms with Gasteiger partial charge in [0, 0.05) is 36.9 Å². The van der Waals surface area contributed by atoms with E-state index in [0.717, 1.165) is 27.4 Å². The Hall–Kier alpha value is -3.36. The number of benzene rings is 2. The van der Waals surface area contributed by atoms with E-state index in [2.05, 4.69) is 9.97 Å². The topological polar surface area (TPSA) is 66.2 Å². The summed E-state index contributed by atoms with van der Waals surface area (Å²) in [5.41, 5.74) is 4.28. The summed E-state index contributed by atoms with van der Waals surface area (Å²) in [6, 6.07) is 12.2. The highest BCUT2D eigenvalue weighted by Gasteiger charge is 2.21. The highest BCUT2D eigenvalue weighted by atomic mass is 32.1. The monoisotopic (exact) mass is 479 g/mol. The van der Waals surface area contributed by atoms with E-state index in [1.54, 1.807) is 24.7 Å². The molecule has 2 aromatic heterocycles. The van der Waals surface area contributed by atoms with Crippen molar-refractivity contribution in [1.29, 1.82) is 0 Å². The number of nitrogens with zero attached hydrogens (tertiary/aromatic N) is 3. The predicted molar refractivity (Wildman–Crippen MR) is 128 cm³/mol. The Kier molecular flexibility index (Phi) is 7.82. The molecule has 0 aliphatic heterocycles. The minimum Gasteiger partial charge on any atom is -0.465 e. The maximum atomic E-state index is 13.2. The van der Waals surface area contributed by atoms with Crippen molar-refractivity contribution in [1.82, 2.24) is 14.5 Å². The van der Waals surface area contributed by atoms with Gasteiger partial charge in [0.05, 0.1) is 25.6 Å². The molecule has 2 heterocycles. The Bertz CT molecular complexity index is 1220. The molecular formula is C26H26FN3O3S. The molecule has 0 radical (unpaired) electrons. The molecule has 34 heavy (non-hydrogen) atoms. The lowest BCUT2D eigenvalue weighted by Gasteiger charge is -2.18. The fourth-order valence-corrected chi connectivity index (χ4v) is 4.50. The molecule has 0 saturated carbocycles. The summed E-state index contributed by atoms with van der Waals surface area (Å²) < 4.78 is 26.5. The van der Waals surface area contributed by atoms with Crippen LogP contribution in [-0.2, 0) is 35.8 Å². The van der Waals surface area contributed by atoms with Crippen LogP contribution in [0.1, 0.15) is 43.9 Å². The second-order valence-electron chi connectivity index (χ2n) is 7.90. The van der Waals surface area contributed by atoms with Crippen molar-refractivity contribution >= 4 is 17.3 Å². The highest BCUT2D eigenvalue weighted by Crippen LogP contribution is 2.30. The van der Waals surface area contributed by atoms with Crippen molar-refractivity contribution in [3.8, 4) is 0 Å². The fraction of sp³-hybridized carbons (Fsp3) is 0.269. The SMILES string of the molecule is COC(=O)c1cc(C(OCCc2cncn2C)c2nccs2)ccc1CCc1ccc(F)cc1. The van der Waals surface area contributed by atoms with E-state index in [4.69, 9.17) is 9.47 Å².